The predicted octanol–water partition coefficient (Wildman–Crippen LogP) is 3.24. The summed E-state index contributed by atoms with van der Waals surface area (Å²) in [6, 6.07) is 2.41. The number of alkyl halides is 4. The van der Waals surface area contributed by atoms with E-state index in [4.69, 9.17) is 0 Å². The summed E-state index contributed by atoms with van der Waals surface area (Å²) < 4.78 is 50.2. The maximum Gasteiger partial charge on any atom is 0.417 e. The van der Waals surface area contributed by atoms with E-state index in [2.05, 4.69) is 21.2 Å². The Balaban J connectivity index is 2.57. The number of halogens is 5. The standard InChI is InChI=1S/C11H6BrF4NO/c12-10(4-5-17-10)9(18)8-6(11(14,15)16)2-1-3-7(8)13/h1-5,17H. The molecule has 1 atom stereocenters. The zero-order chi connectivity index (χ0) is 13.6. The molecule has 1 unspecified atom stereocenters. The van der Waals surface area contributed by atoms with E-state index in [1.165, 1.54) is 12.3 Å². The lowest BCUT2D eigenvalue weighted by atomic mass is 9.95. The zero-order valence-electron chi connectivity index (χ0n) is 8.68. The van der Waals surface area contributed by atoms with Gasteiger partial charge in [-0.15, -0.1) is 0 Å². The topological polar surface area (TPSA) is 29.1 Å². The van der Waals surface area contributed by atoms with Gasteiger partial charge in [0.15, 0.2) is 4.45 Å². The van der Waals surface area contributed by atoms with Crippen LogP contribution < -0.4 is 5.32 Å². The third-order valence-corrected chi connectivity index (χ3v) is 3.34. The van der Waals surface area contributed by atoms with E-state index in [0.717, 1.165) is 12.1 Å². The predicted molar refractivity (Wildman–Crippen MR) is 59.7 cm³/mol. The van der Waals surface area contributed by atoms with Crippen molar-refractivity contribution in [2.75, 3.05) is 0 Å². The molecule has 1 heterocycles. The fourth-order valence-electron chi connectivity index (χ4n) is 1.54. The number of hydrogen-bond donors (Lipinski definition) is 1. The average Bonchev–Trinajstić information content (AvgIpc) is 2.23. The van der Waals surface area contributed by atoms with Crippen LogP contribution in [-0.2, 0) is 6.18 Å². The first-order chi connectivity index (χ1) is 8.26. The van der Waals surface area contributed by atoms with Crippen molar-refractivity contribution < 1.29 is 22.4 Å². The van der Waals surface area contributed by atoms with E-state index in [-0.39, 0.29) is 0 Å². The van der Waals surface area contributed by atoms with Gasteiger partial charge in [0.2, 0.25) is 5.78 Å². The van der Waals surface area contributed by atoms with Crippen LogP contribution in [0.2, 0.25) is 0 Å². The number of ketones is 1. The van der Waals surface area contributed by atoms with E-state index in [0.29, 0.717) is 6.07 Å². The van der Waals surface area contributed by atoms with Crippen LogP contribution in [0.4, 0.5) is 17.6 Å². The Kier molecular flexibility index (Phi) is 2.96. The minimum atomic E-state index is -4.79. The molecule has 2 rings (SSSR count). The molecule has 0 fully saturated rings. The summed E-state index contributed by atoms with van der Waals surface area (Å²) in [4.78, 5) is 11.9. The highest BCUT2D eigenvalue weighted by Crippen LogP contribution is 2.37. The molecule has 1 aromatic rings. The summed E-state index contributed by atoms with van der Waals surface area (Å²) in [6.45, 7) is 0. The molecule has 0 saturated carbocycles. The van der Waals surface area contributed by atoms with Crippen LogP contribution in [0.5, 0.6) is 0 Å². The van der Waals surface area contributed by atoms with Gasteiger partial charge in [0.25, 0.3) is 0 Å². The Morgan fingerprint density at radius 3 is 2.39 bits per heavy atom. The number of nitrogens with one attached hydrogen (secondary N) is 1. The molecule has 0 bridgehead atoms. The summed E-state index contributed by atoms with van der Waals surface area (Å²) in [6.07, 6.45) is -2.10. The van der Waals surface area contributed by atoms with Crippen molar-refractivity contribution >= 4 is 21.7 Å². The first-order valence-corrected chi connectivity index (χ1v) is 5.60. The normalized spacial score (nSPS) is 22.3. The summed E-state index contributed by atoms with van der Waals surface area (Å²) in [5.74, 6) is -2.22. The van der Waals surface area contributed by atoms with Gasteiger partial charge in [-0.3, -0.25) is 4.79 Å². The second-order valence-corrected chi connectivity index (χ2v) is 4.93. The molecule has 2 nitrogen and oxygen atoms in total. The number of benzene rings is 1. The van der Waals surface area contributed by atoms with Crippen molar-refractivity contribution in [3.63, 3.8) is 0 Å². The highest BCUT2D eigenvalue weighted by molar-refractivity contribution is 9.10. The molecule has 0 spiro atoms. The summed E-state index contributed by atoms with van der Waals surface area (Å²) in [5, 5.41) is 2.48. The van der Waals surface area contributed by atoms with Gasteiger partial charge in [0, 0.05) is 0 Å². The van der Waals surface area contributed by atoms with Gasteiger partial charge in [-0.25, -0.2) is 4.39 Å². The third-order valence-electron chi connectivity index (χ3n) is 2.48. The first kappa shape index (κ1) is 13.1. The molecular formula is C11H6BrF4NO. The zero-order valence-corrected chi connectivity index (χ0v) is 10.3. The highest BCUT2D eigenvalue weighted by atomic mass is 79.9. The van der Waals surface area contributed by atoms with Crippen molar-refractivity contribution in [2.45, 2.75) is 10.6 Å². The minimum absolute atomic E-state index is 0.676. The second-order valence-electron chi connectivity index (χ2n) is 3.68. The van der Waals surface area contributed by atoms with Gasteiger partial charge in [-0.2, -0.15) is 13.2 Å². The van der Waals surface area contributed by atoms with E-state index in [1.807, 2.05) is 0 Å². The Morgan fingerprint density at radius 2 is 1.94 bits per heavy atom. The maximum atomic E-state index is 13.5. The SMILES string of the molecule is O=C(c1c(F)cccc1C(F)(F)F)C1(Br)C=CN1. The molecule has 18 heavy (non-hydrogen) atoms. The van der Waals surface area contributed by atoms with Gasteiger partial charge < -0.3 is 5.32 Å². The molecule has 1 aliphatic heterocycles. The molecule has 0 aromatic heterocycles. The van der Waals surface area contributed by atoms with Crippen LogP contribution in [0.1, 0.15) is 15.9 Å². The van der Waals surface area contributed by atoms with Crippen molar-refractivity contribution in [1.29, 1.82) is 0 Å². The number of carbonyl (C=O) groups excluding carboxylic acids is 1. The van der Waals surface area contributed by atoms with E-state index >= 15 is 0 Å². The largest absolute Gasteiger partial charge is 0.417 e. The van der Waals surface area contributed by atoms with Crippen LogP contribution in [0, 0.1) is 5.82 Å². The summed E-state index contributed by atoms with van der Waals surface area (Å²) >= 11 is 2.92. The monoisotopic (exact) mass is 323 g/mol. The Bertz CT molecular complexity index is 540. The van der Waals surface area contributed by atoms with Crippen molar-refractivity contribution in [3.05, 3.63) is 47.4 Å². The molecule has 0 aliphatic carbocycles. The Hall–Kier alpha value is -1.37. The average molecular weight is 324 g/mol. The molecule has 1 aliphatic rings. The summed E-state index contributed by atoms with van der Waals surface area (Å²) in [7, 11) is 0. The van der Waals surface area contributed by atoms with Crippen molar-refractivity contribution in [1.82, 2.24) is 5.32 Å². The lowest BCUT2D eigenvalue weighted by Gasteiger charge is -2.30. The Morgan fingerprint density at radius 1 is 1.33 bits per heavy atom. The van der Waals surface area contributed by atoms with Gasteiger partial charge >= 0.3 is 6.18 Å². The molecule has 0 radical (unpaired) electrons. The number of Topliss-reactive ketones (excluding diaryl/α,β-unsaturated/α-hetero) is 1. The van der Waals surface area contributed by atoms with Gasteiger partial charge in [-0.1, -0.05) is 6.07 Å². The summed E-state index contributed by atoms with van der Waals surface area (Å²) in [5.41, 5.74) is -2.26. The second kappa shape index (κ2) is 4.08. The lowest BCUT2D eigenvalue weighted by molar-refractivity contribution is -0.138. The van der Waals surface area contributed by atoms with E-state index in [1.54, 1.807) is 0 Å². The van der Waals surface area contributed by atoms with E-state index in [9.17, 15) is 22.4 Å². The highest BCUT2D eigenvalue weighted by Gasteiger charge is 2.44. The molecule has 0 saturated heterocycles. The van der Waals surface area contributed by atoms with Crippen molar-refractivity contribution in [2.24, 2.45) is 0 Å². The third kappa shape index (κ3) is 2.03. The van der Waals surface area contributed by atoms with Gasteiger partial charge in [-0.05, 0) is 40.3 Å². The van der Waals surface area contributed by atoms with Crippen molar-refractivity contribution in [3.8, 4) is 0 Å². The molecule has 0 amide bonds. The molecule has 1 N–H and O–H groups in total. The number of hydrogen-bond acceptors (Lipinski definition) is 2. The van der Waals surface area contributed by atoms with E-state index < -0.39 is 33.4 Å². The van der Waals surface area contributed by atoms with Crippen LogP contribution >= 0.6 is 15.9 Å². The minimum Gasteiger partial charge on any atom is -0.367 e. The fraction of sp³-hybridized carbons (Fsp3) is 0.182. The number of rotatable bonds is 2. The van der Waals surface area contributed by atoms with Crippen LogP contribution in [0.25, 0.3) is 0 Å². The fourth-order valence-corrected chi connectivity index (χ4v) is 2.01. The quantitative estimate of drug-likeness (QED) is 0.392. The lowest BCUT2D eigenvalue weighted by Crippen LogP contribution is -2.49. The Labute approximate surface area is 108 Å². The van der Waals surface area contributed by atoms with Crippen LogP contribution in [0.15, 0.2) is 30.5 Å². The molecule has 96 valence electrons. The van der Waals surface area contributed by atoms with Crippen LogP contribution in [-0.4, -0.2) is 10.2 Å². The number of carbonyl (C=O) groups is 1. The van der Waals surface area contributed by atoms with Gasteiger partial charge in [0.1, 0.15) is 5.82 Å². The molecule has 1 aromatic carbocycles. The van der Waals surface area contributed by atoms with Crippen LogP contribution in [0.3, 0.4) is 0 Å². The molecular weight excluding hydrogens is 318 g/mol. The molecule has 7 heteroatoms. The maximum absolute atomic E-state index is 13.5. The smallest absolute Gasteiger partial charge is 0.367 e. The first-order valence-electron chi connectivity index (χ1n) is 4.80. The van der Waals surface area contributed by atoms with Gasteiger partial charge in [0.05, 0.1) is 11.1 Å².